The first kappa shape index (κ1) is 25.0. The second-order valence-electron chi connectivity index (χ2n) is 7.18. The van der Waals surface area contributed by atoms with Crippen molar-refractivity contribution in [2.24, 2.45) is 5.92 Å². The van der Waals surface area contributed by atoms with E-state index in [2.05, 4.69) is 15.5 Å². The van der Waals surface area contributed by atoms with Crippen LogP contribution in [-0.4, -0.2) is 41.3 Å². The van der Waals surface area contributed by atoms with Crippen LogP contribution in [0.4, 0.5) is 0 Å². The lowest BCUT2D eigenvalue weighted by atomic mass is 9.85. The Balaban J connectivity index is 1.86. The van der Waals surface area contributed by atoms with Gasteiger partial charge in [0.1, 0.15) is 5.92 Å². The standard InChI is InChI=1S/C23H24ClN3O7/c1-5-31-21(28)17-12(3)25-13(4)18(22(29)32-6-2)19(17)23(30)33-11-16-26-20(27-34-16)14-9-7-8-10-15(14)24/h7-10,19,25H,5-6,11H2,1-4H3. The number of nitrogens with zero attached hydrogens (tertiary/aromatic N) is 2. The summed E-state index contributed by atoms with van der Waals surface area (Å²) in [5.41, 5.74) is 1.20. The van der Waals surface area contributed by atoms with Crippen LogP contribution in [0, 0.1) is 5.92 Å². The molecule has 0 saturated heterocycles. The molecule has 2 aromatic rings. The van der Waals surface area contributed by atoms with Crippen molar-refractivity contribution in [2.45, 2.75) is 34.3 Å². The van der Waals surface area contributed by atoms with Gasteiger partial charge in [0.05, 0.1) is 29.4 Å². The lowest BCUT2D eigenvalue weighted by molar-refractivity contribution is -0.153. The molecule has 11 heteroatoms. The largest absolute Gasteiger partial charge is 0.463 e. The van der Waals surface area contributed by atoms with E-state index in [4.69, 9.17) is 30.3 Å². The van der Waals surface area contributed by atoms with E-state index in [0.29, 0.717) is 22.0 Å². The van der Waals surface area contributed by atoms with Crippen LogP contribution in [0.1, 0.15) is 33.6 Å². The molecule has 0 spiro atoms. The number of rotatable bonds is 8. The maximum absolute atomic E-state index is 13.2. The van der Waals surface area contributed by atoms with E-state index in [-0.39, 0.29) is 42.7 Å². The van der Waals surface area contributed by atoms with E-state index in [1.165, 1.54) is 0 Å². The number of ether oxygens (including phenoxy) is 3. The zero-order valence-corrected chi connectivity index (χ0v) is 19.9. The van der Waals surface area contributed by atoms with Crippen LogP contribution in [0.15, 0.2) is 51.3 Å². The number of carbonyl (C=O) groups is 3. The molecular formula is C23H24ClN3O7. The van der Waals surface area contributed by atoms with Crippen LogP contribution < -0.4 is 5.32 Å². The lowest BCUT2D eigenvalue weighted by Crippen LogP contribution is -2.38. The summed E-state index contributed by atoms with van der Waals surface area (Å²) in [4.78, 5) is 42.7. The predicted molar refractivity (Wildman–Crippen MR) is 120 cm³/mol. The maximum atomic E-state index is 13.2. The summed E-state index contributed by atoms with van der Waals surface area (Å²) in [5, 5.41) is 7.23. The number of hydrogen-bond acceptors (Lipinski definition) is 10. The molecule has 0 unspecified atom stereocenters. The van der Waals surface area contributed by atoms with Gasteiger partial charge in [0.15, 0.2) is 6.61 Å². The smallest absolute Gasteiger partial charge is 0.337 e. The molecular weight excluding hydrogens is 466 g/mol. The van der Waals surface area contributed by atoms with Crippen molar-refractivity contribution >= 4 is 29.5 Å². The van der Waals surface area contributed by atoms with Gasteiger partial charge in [-0.3, -0.25) is 4.79 Å². The predicted octanol–water partition coefficient (Wildman–Crippen LogP) is 3.33. The van der Waals surface area contributed by atoms with E-state index in [1.807, 2.05) is 0 Å². The molecule has 34 heavy (non-hydrogen) atoms. The Hall–Kier alpha value is -3.66. The molecule has 1 aromatic heterocycles. The van der Waals surface area contributed by atoms with E-state index < -0.39 is 23.8 Å². The Labute approximate surface area is 200 Å². The van der Waals surface area contributed by atoms with E-state index >= 15 is 0 Å². The molecule has 3 rings (SSSR count). The Morgan fingerprint density at radius 2 is 1.59 bits per heavy atom. The minimum absolute atomic E-state index is 0.00831. The van der Waals surface area contributed by atoms with Crippen LogP contribution in [-0.2, 0) is 35.2 Å². The monoisotopic (exact) mass is 489 g/mol. The average molecular weight is 490 g/mol. The van der Waals surface area contributed by atoms with Crippen molar-refractivity contribution in [3.8, 4) is 11.4 Å². The SMILES string of the molecule is CCOC(=O)C1=C(C)NC(C)=C(C(=O)OCC)C1C(=O)OCc1nc(-c2ccccc2Cl)no1. The van der Waals surface area contributed by atoms with Crippen LogP contribution in [0.2, 0.25) is 5.02 Å². The van der Waals surface area contributed by atoms with Gasteiger partial charge < -0.3 is 24.1 Å². The zero-order valence-electron chi connectivity index (χ0n) is 19.1. The van der Waals surface area contributed by atoms with Crippen molar-refractivity contribution in [3.05, 3.63) is 57.7 Å². The quantitative estimate of drug-likeness (QED) is 0.435. The van der Waals surface area contributed by atoms with Gasteiger partial charge in [0.25, 0.3) is 5.89 Å². The molecule has 180 valence electrons. The third kappa shape index (κ3) is 5.28. The fourth-order valence-electron chi connectivity index (χ4n) is 3.47. The number of nitrogens with one attached hydrogen (secondary N) is 1. The number of hydrogen-bond donors (Lipinski definition) is 1. The van der Waals surface area contributed by atoms with E-state index in [1.54, 1.807) is 52.0 Å². The summed E-state index contributed by atoms with van der Waals surface area (Å²) in [6.45, 7) is 6.26. The molecule has 1 aliphatic heterocycles. The number of aromatic nitrogens is 2. The molecule has 0 atom stereocenters. The molecule has 1 aromatic carbocycles. The highest BCUT2D eigenvalue weighted by atomic mass is 35.5. The maximum Gasteiger partial charge on any atom is 0.337 e. The van der Waals surface area contributed by atoms with E-state index in [0.717, 1.165) is 0 Å². The highest BCUT2D eigenvalue weighted by molar-refractivity contribution is 6.33. The summed E-state index contributed by atoms with van der Waals surface area (Å²) >= 11 is 6.16. The van der Waals surface area contributed by atoms with Crippen LogP contribution in [0.25, 0.3) is 11.4 Å². The van der Waals surface area contributed by atoms with Crippen molar-refractivity contribution in [1.29, 1.82) is 0 Å². The van der Waals surface area contributed by atoms with Gasteiger partial charge in [0.2, 0.25) is 5.82 Å². The average Bonchev–Trinajstić information content (AvgIpc) is 3.26. The lowest BCUT2D eigenvalue weighted by Gasteiger charge is -2.28. The number of carbonyl (C=O) groups excluding carboxylic acids is 3. The molecule has 0 radical (unpaired) electrons. The summed E-state index contributed by atoms with van der Waals surface area (Å²) in [6.07, 6.45) is 0. The first-order valence-corrected chi connectivity index (χ1v) is 10.9. The second-order valence-corrected chi connectivity index (χ2v) is 7.58. The van der Waals surface area contributed by atoms with Gasteiger partial charge in [-0.25, -0.2) is 9.59 Å². The Morgan fingerprint density at radius 3 is 2.15 bits per heavy atom. The third-order valence-electron chi connectivity index (χ3n) is 4.91. The van der Waals surface area contributed by atoms with Gasteiger partial charge >= 0.3 is 17.9 Å². The molecule has 2 heterocycles. The number of dihydropyridines is 1. The number of benzene rings is 1. The second kappa shape index (κ2) is 11.0. The third-order valence-corrected chi connectivity index (χ3v) is 5.24. The minimum Gasteiger partial charge on any atom is -0.463 e. The number of allylic oxidation sites excluding steroid dienone is 2. The first-order valence-electron chi connectivity index (χ1n) is 10.5. The van der Waals surface area contributed by atoms with Gasteiger partial charge in [-0.15, -0.1) is 0 Å². The molecule has 0 saturated carbocycles. The number of halogens is 1. The molecule has 1 N–H and O–H groups in total. The topological polar surface area (TPSA) is 130 Å². The van der Waals surface area contributed by atoms with Crippen LogP contribution >= 0.6 is 11.6 Å². The van der Waals surface area contributed by atoms with Gasteiger partial charge in [0, 0.05) is 17.0 Å². The highest BCUT2D eigenvalue weighted by Crippen LogP contribution is 2.33. The number of esters is 3. The summed E-state index contributed by atoms with van der Waals surface area (Å²) < 4.78 is 20.8. The van der Waals surface area contributed by atoms with E-state index in [9.17, 15) is 14.4 Å². The van der Waals surface area contributed by atoms with Crippen molar-refractivity contribution in [2.75, 3.05) is 13.2 Å². The molecule has 0 bridgehead atoms. The first-order chi connectivity index (χ1) is 16.3. The van der Waals surface area contributed by atoms with Gasteiger partial charge in [-0.05, 0) is 39.8 Å². The summed E-state index contributed by atoms with van der Waals surface area (Å²) in [6, 6.07) is 6.93. The summed E-state index contributed by atoms with van der Waals surface area (Å²) in [5.74, 6) is -3.49. The fraction of sp³-hybridized carbons (Fsp3) is 0.348. The van der Waals surface area contributed by atoms with Gasteiger partial charge in [-0.1, -0.05) is 28.9 Å². The molecule has 0 amide bonds. The Kier molecular flexibility index (Phi) is 8.06. The highest BCUT2D eigenvalue weighted by Gasteiger charge is 2.42. The van der Waals surface area contributed by atoms with Crippen LogP contribution in [0.3, 0.4) is 0 Å². The van der Waals surface area contributed by atoms with Crippen molar-refractivity contribution in [3.63, 3.8) is 0 Å². The van der Waals surface area contributed by atoms with Crippen molar-refractivity contribution in [1.82, 2.24) is 15.5 Å². The molecule has 0 fully saturated rings. The fourth-order valence-corrected chi connectivity index (χ4v) is 3.69. The van der Waals surface area contributed by atoms with Crippen LogP contribution in [0.5, 0.6) is 0 Å². The minimum atomic E-state index is -1.36. The summed E-state index contributed by atoms with van der Waals surface area (Å²) in [7, 11) is 0. The molecule has 1 aliphatic rings. The molecule has 0 aliphatic carbocycles. The van der Waals surface area contributed by atoms with Crippen molar-refractivity contribution < 1.29 is 33.1 Å². The molecule has 10 nitrogen and oxygen atoms in total. The Bertz CT molecular complexity index is 1130. The Morgan fingerprint density at radius 1 is 1.00 bits per heavy atom. The zero-order chi connectivity index (χ0) is 24.8. The normalized spacial score (nSPS) is 14.0. The van der Waals surface area contributed by atoms with Gasteiger partial charge in [-0.2, -0.15) is 4.98 Å².